The standard InChI is InChI=1S/C18H16ClN3O4S/c19-15-8-6-14(7-9-15)17-21-22-18(26-17)20-16(23)10-11-27(24,25)12-13-4-2-1-3-5-13/h1-9H,10-12H2,(H,20,22,23). The van der Waals surface area contributed by atoms with Crippen LogP contribution in [-0.4, -0.2) is 30.3 Å². The lowest BCUT2D eigenvalue weighted by Crippen LogP contribution is -2.18. The number of anilines is 1. The Hall–Kier alpha value is -2.71. The van der Waals surface area contributed by atoms with Gasteiger partial charge in [-0.15, -0.1) is 5.10 Å². The van der Waals surface area contributed by atoms with Crippen LogP contribution in [0.5, 0.6) is 0 Å². The van der Waals surface area contributed by atoms with Crippen LogP contribution >= 0.6 is 11.6 Å². The van der Waals surface area contributed by atoms with Crippen LogP contribution in [0.15, 0.2) is 59.0 Å². The Morgan fingerprint density at radius 1 is 1.04 bits per heavy atom. The number of amides is 1. The van der Waals surface area contributed by atoms with Gasteiger partial charge in [-0.1, -0.05) is 47.0 Å². The molecule has 7 nitrogen and oxygen atoms in total. The zero-order valence-corrected chi connectivity index (χ0v) is 15.7. The van der Waals surface area contributed by atoms with E-state index in [0.717, 1.165) is 0 Å². The van der Waals surface area contributed by atoms with Crippen molar-refractivity contribution in [1.82, 2.24) is 10.2 Å². The van der Waals surface area contributed by atoms with Gasteiger partial charge in [0.25, 0.3) is 0 Å². The van der Waals surface area contributed by atoms with Crippen LogP contribution in [0.4, 0.5) is 6.01 Å². The lowest BCUT2D eigenvalue weighted by molar-refractivity contribution is -0.115. The molecule has 0 aliphatic heterocycles. The number of sulfone groups is 1. The molecular formula is C18H16ClN3O4S. The summed E-state index contributed by atoms with van der Waals surface area (Å²) in [5, 5.41) is 10.6. The molecule has 0 bridgehead atoms. The molecule has 1 heterocycles. The fraction of sp³-hybridized carbons (Fsp3) is 0.167. The Labute approximate surface area is 161 Å². The Balaban J connectivity index is 1.54. The number of carbonyl (C=O) groups excluding carboxylic acids is 1. The van der Waals surface area contributed by atoms with Gasteiger partial charge in [-0.05, 0) is 29.8 Å². The first-order chi connectivity index (χ1) is 12.9. The summed E-state index contributed by atoms with van der Waals surface area (Å²) in [6.07, 6.45) is -0.201. The molecule has 27 heavy (non-hydrogen) atoms. The van der Waals surface area contributed by atoms with Gasteiger partial charge in [0, 0.05) is 17.0 Å². The summed E-state index contributed by atoms with van der Waals surface area (Å²) in [6, 6.07) is 15.5. The SMILES string of the molecule is O=C(CCS(=O)(=O)Cc1ccccc1)Nc1nnc(-c2ccc(Cl)cc2)o1. The van der Waals surface area contributed by atoms with Crippen molar-refractivity contribution in [2.45, 2.75) is 12.2 Å². The molecule has 0 radical (unpaired) electrons. The van der Waals surface area contributed by atoms with Crippen LogP contribution in [0.25, 0.3) is 11.5 Å². The topological polar surface area (TPSA) is 102 Å². The van der Waals surface area contributed by atoms with Crippen molar-refractivity contribution >= 4 is 33.4 Å². The Morgan fingerprint density at radius 3 is 2.44 bits per heavy atom. The smallest absolute Gasteiger partial charge is 0.322 e. The maximum atomic E-state index is 12.1. The molecule has 2 aromatic carbocycles. The van der Waals surface area contributed by atoms with Crippen LogP contribution in [0.1, 0.15) is 12.0 Å². The predicted octanol–water partition coefficient (Wildman–Crippen LogP) is 3.33. The third-order valence-corrected chi connectivity index (χ3v) is 5.48. The van der Waals surface area contributed by atoms with Crippen LogP contribution in [-0.2, 0) is 20.4 Å². The van der Waals surface area contributed by atoms with Crippen molar-refractivity contribution in [3.8, 4) is 11.5 Å². The molecule has 0 atom stereocenters. The fourth-order valence-corrected chi connectivity index (χ4v) is 3.78. The minimum atomic E-state index is -3.40. The monoisotopic (exact) mass is 405 g/mol. The zero-order chi connectivity index (χ0) is 19.3. The molecule has 3 rings (SSSR count). The van der Waals surface area contributed by atoms with E-state index in [2.05, 4.69) is 15.5 Å². The van der Waals surface area contributed by atoms with E-state index in [-0.39, 0.29) is 29.8 Å². The molecule has 1 N–H and O–H groups in total. The van der Waals surface area contributed by atoms with E-state index in [1.807, 2.05) is 6.07 Å². The van der Waals surface area contributed by atoms with E-state index in [1.165, 1.54) is 0 Å². The average molecular weight is 406 g/mol. The Bertz CT molecular complexity index is 1020. The zero-order valence-electron chi connectivity index (χ0n) is 14.1. The van der Waals surface area contributed by atoms with Gasteiger partial charge in [0.1, 0.15) is 0 Å². The molecule has 0 saturated carbocycles. The summed E-state index contributed by atoms with van der Waals surface area (Å²) >= 11 is 5.82. The van der Waals surface area contributed by atoms with Gasteiger partial charge in [0.2, 0.25) is 11.8 Å². The fourth-order valence-electron chi connectivity index (χ4n) is 2.31. The molecule has 0 aliphatic carbocycles. The maximum absolute atomic E-state index is 12.1. The van der Waals surface area contributed by atoms with E-state index >= 15 is 0 Å². The summed E-state index contributed by atoms with van der Waals surface area (Å²) in [4.78, 5) is 12.0. The number of hydrogen-bond donors (Lipinski definition) is 1. The van der Waals surface area contributed by atoms with Gasteiger partial charge in [0.15, 0.2) is 9.84 Å². The van der Waals surface area contributed by atoms with Gasteiger partial charge in [0.05, 0.1) is 11.5 Å². The van der Waals surface area contributed by atoms with Crippen molar-refractivity contribution < 1.29 is 17.6 Å². The summed E-state index contributed by atoms with van der Waals surface area (Å²) in [6.45, 7) is 0. The second-order valence-electron chi connectivity index (χ2n) is 5.80. The molecule has 0 unspecified atom stereocenters. The van der Waals surface area contributed by atoms with E-state index in [0.29, 0.717) is 16.1 Å². The summed E-state index contributed by atoms with van der Waals surface area (Å²) in [5.41, 5.74) is 1.33. The molecule has 0 aliphatic rings. The number of nitrogens with zero attached hydrogens (tertiary/aromatic N) is 2. The van der Waals surface area contributed by atoms with E-state index in [9.17, 15) is 13.2 Å². The average Bonchev–Trinajstić information content (AvgIpc) is 3.10. The minimum absolute atomic E-state index is 0.0922. The van der Waals surface area contributed by atoms with E-state index in [4.69, 9.17) is 16.0 Å². The molecule has 3 aromatic rings. The van der Waals surface area contributed by atoms with Crippen LogP contribution in [0.3, 0.4) is 0 Å². The second-order valence-corrected chi connectivity index (χ2v) is 8.42. The molecular weight excluding hydrogens is 390 g/mol. The number of hydrogen-bond acceptors (Lipinski definition) is 6. The highest BCUT2D eigenvalue weighted by molar-refractivity contribution is 7.90. The molecule has 9 heteroatoms. The van der Waals surface area contributed by atoms with Crippen LogP contribution < -0.4 is 5.32 Å². The van der Waals surface area contributed by atoms with Gasteiger partial charge in [-0.3, -0.25) is 10.1 Å². The highest BCUT2D eigenvalue weighted by Gasteiger charge is 2.16. The number of rotatable bonds is 7. The first-order valence-corrected chi connectivity index (χ1v) is 10.2. The second kappa shape index (κ2) is 8.32. The number of nitrogens with one attached hydrogen (secondary N) is 1. The van der Waals surface area contributed by atoms with Crippen molar-refractivity contribution in [2.24, 2.45) is 0 Å². The minimum Gasteiger partial charge on any atom is -0.403 e. The number of carbonyl (C=O) groups is 1. The number of halogens is 1. The molecule has 1 amide bonds. The van der Waals surface area contributed by atoms with Crippen LogP contribution in [0, 0.1) is 0 Å². The van der Waals surface area contributed by atoms with Gasteiger partial charge >= 0.3 is 6.01 Å². The molecule has 0 saturated heterocycles. The normalized spacial score (nSPS) is 11.3. The van der Waals surface area contributed by atoms with Gasteiger partial charge in [-0.2, -0.15) is 0 Å². The first-order valence-electron chi connectivity index (χ1n) is 8.05. The predicted molar refractivity (Wildman–Crippen MR) is 102 cm³/mol. The van der Waals surface area contributed by atoms with Crippen molar-refractivity contribution in [3.63, 3.8) is 0 Å². The van der Waals surface area contributed by atoms with E-state index in [1.54, 1.807) is 48.5 Å². The molecule has 0 fully saturated rings. The number of benzene rings is 2. The number of aromatic nitrogens is 2. The first kappa shape index (κ1) is 19.1. The lowest BCUT2D eigenvalue weighted by Gasteiger charge is -2.04. The van der Waals surface area contributed by atoms with Crippen LogP contribution in [0.2, 0.25) is 5.02 Å². The quantitative estimate of drug-likeness (QED) is 0.646. The van der Waals surface area contributed by atoms with Gasteiger partial charge < -0.3 is 4.42 Å². The molecule has 1 aromatic heterocycles. The van der Waals surface area contributed by atoms with Crippen molar-refractivity contribution in [3.05, 3.63) is 65.2 Å². The third kappa shape index (κ3) is 5.63. The Kier molecular flexibility index (Phi) is 5.88. The largest absolute Gasteiger partial charge is 0.403 e. The molecule has 140 valence electrons. The summed E-state index contributed by atoms with van der Waals surface area (Å²) < 4.78 is 29.6. The summed E-state index contributed by atoms with van der Waals surface area (Å²) in [7, 11) is -3.40. The lowest BCUT2D eigenvalue weighted by atomic mass is 10.2. The third-order valence-electron chi connectivity index (χ3n) is 3.63. The van der Waals surface area contributed by atoms with Crippen molar-refractivity contribution in [2.75, 3.05) is 11.1 Å². The molecule has 0 spiro atoms. The highest BCUT2D eigenvalue weighted by atomic mass is 35.5. The van der Waals surface area contributed by atoms with E-state index < -0.39 is 15.7 Å². The maximum Gasteiger partial charge on any atom is 0.322 e. The van der Waals surface area contributed by atoms with Crippen molar-refractivity contribution in [1.29, 1.82) is 0 Å². The van der Waals surface area contributed by atoms with Gasteiger partial charge in [-0.25, -0.2) is 8.42 Å². The highest BCUT2D eigenvalue weighted by Crippen LogP contribution is 2.21. The Morgan fingerprint density at radius 2 is 1.74 bits per heavy atom. The summed E-state index contributed by atoms with van der Waals surface area (Å²) in [5.74, 6) is -0.675.